The fraction of sp³-hybridized carbons (Fsp3) is 0.800. The average molecular weight is 251 g/mol. The second-order valence-electron chi connectivity index (χ2n) is 2.39. The van der Waals surface area contributed by atoms with Gasteiger partial charge in [0.05, 0.1) is 0 Å². The monoisotopic (exact) mass is 250 g/mol. The molecule has 0 spiro atoms. The summed E-state index contributed by atoms with van der Waals surface area (Å²) in [5.41, 5.74) is 0. The van der Waals surface area contributed by atoms with Gasteiger partial charge >= 0.3 is 80.2 Å². The third kappa shape index (κ3) is 3.54. The third-order valence-electron chi connectivity index (χ3n) is 1.42. The van der Waals surface area contributed by atoms with Gasteiger partial charge in [0.25, 0.3) is 0 Å². The van der Waals surface area contributed by atoms with Crippen LogP contribution < -0.4 is 0 Å². The Kier molecular flexibility index (Phi) is 5.36. The number of carbonyl (C=O) groups is 1. The van der Waals surface area contributed by atoms with Crippen LogP contribution in [-0.4, -0.2) is 71.8 Å². The zero-order valence-electron chi connectivity index (χ0n) is 6.44. The van der Waals surface area contributed by atoms with Crippen molar-refractivity contribution in [3.05, 3.63) is 0 Å². The first-order valence-corrected chi connectivity index (χ1v) is 5.71. The summed E-state index contributed by atoms with van der Waals surface area (Å²) < 4.78 is 8.53. The molecule has 0 aromatic heterocycles. The molecule has 5 N–H and O–H groups in total. The molecule has 0 radical (unpaired) electrons. The van der Waals surface area contributed by atoms with Gasteiger partial charge in [0.1, 0.15) is 0 Å². The summed E-state index contributed by atoms with van der Waals surface area (Å²) in [4.78, 5) is 10.1. The molecule has 4 atom stereocenters. The molecular formula is C5H9GaO7. The van der Waals surface area contributed by atoms with Crippen LogP contribution in [-0.2, 0) is 8.33 Å². The van der Waals surface area contributed by atoms with Gasteiger partial charge in [-0.2, -0.15) is 0 Å². The van der Waals surface area contributed by atoms with Crippen molar-refractivity contribution >= 4 is 23.3 Å². The Bertz CT molecular complexity index is 195. The van der Waals surface area contributed by atoms with E-state index in [9.17, 15) is 8.33 Å². The van der Waals surface area contributed by atoms with E-state index in [0.717, 1.165) is 0 Å². The van der Waals surface area contributed by atoms with E-state index in [1.54, 1.807) is 0 Å². The molecular weight excluding hydrogens is 242 g/mol. The minimum absolute atomic E-state index is 1.65. The summed E-state index contributed by atoms with van der Waals surface area (Å²) in [5, 5.41) is 43.5. The van der Waals surface area contributed by atoms with Gasteiger partial charge in [-0.1, -0.05) is 0 Å². The number of rotatable bonds is 5. The van der Waals surface area contributed by atoms with E-state index in [-0.39, 0.29) is 0 Å². The number of carboxylic acid groups (broad SMARTS) is 1. The van der Waals surface area contributed by atoms with E-state index in [1.807, 2.05) is 0 Å². The summed E-state index contributed by atoms with van der Waals surface area (Å²) in [7, 11) is 0. The van der Waals surface area contributed by atoms with Crippen LogP contribution in [0.25, 0.3) is 0 Å². The van der Waals surface area contributed by atoms with Gasteiger partial charge in [-0.3, -0.25) is 0 Å². The van der Waals surface area contributed by atoms with Crippen molar-refractivity contribution in [1.29, 1.82) is 0 Å². The van der Waals surface area contributed by atoms with Crippen LogP contribution in [0.4, 0.5) is 0 Å². The van der Waals surface area contributed by atoms with Crippen molar-refractivity contribution in [2.45, 2.75) is 23.0 Å². The van der Waals surface area contributed by atoms with Crippen molar-refractivity contribution < 1.29 is 33.9 Å². The Morgan fingerprint density at radius 2 is 1.54 bits per heavy atom. The summed E-state index contributed by atoms with van der Waals surface area (Å²) in [6, 6.07) is 0. The van der Waals surface area contributed by atoms with Crippen molar-refractivity contribution in [1.82, 2.24) is 0 Å². The molecule has 0 saturated carbocycles. The van der Waals surface area contributed by atoms with Gasteiger partial charge in [0.2, 0.25) is 0 Å². The molecule has 0 aromatic rings. The van der Waals surface area contributed by atoms with Crippen LogP contribution >= 0.6 is 0 Å². The fourth-order valence-corrected chi connectivity index (χ4v) is 1.43. The van der Waals surface area contributed by atoms with E-state index >= 15 is 0 Å². The number of aliphatic carboxylic acids is 1. The maximum absolute atomic E-state index is 10.2. The molecule has 0 aliphatic carbocycles. The zero-order chi connectivity index (χ0) is 10.6. The van der Waals surface area contributed by atoms with Crippen LogP contribution in [0.2, 0.25) is 0 Å². The number of carboxylic acids is 1. The molecule has 0 aromatic carbocycles. The number of hydrogen-bond acceptors (Lipinski definition) is 6. The Hall–Kier alpha value is -0.254. The van der Waals surface area contributed by atoms with Crippen LogP contribution in [0.15, 0.2) is 0 Å². The second kappa shape index (κ2) is 5.47. The van der Waals surface area contributed by atoms with E-state index in [4.69, 9.17) is 25.5 Å². The summed E-state index contributed by atoms with van der Waals surface area (Å²) >= 11 is -2.36. The molecule has 0 saturated heterocycles. The van der Waals surface area contributed by atoms with Gasteiger partial charge in [0, 0.05) is 0 Å². The standard InChI is InChI=1S/C5H9O6.Ga.O/c6-1-2(7)3(8)4(9)5(10)11;;/h1-4,6-9H,(H,10,11);;/t2-,3-,4+;;/m1../s1. The first kappa shape index (κ1) is 12.7. The first-order chi connectivity index (χ1) is 5.91. The third-order valence-corrected chi connectivity index (χ3v) is 2.83. The molecule has 13 heavy (non-hydrogen) atoms. The van der Waals surface area contributed by atoms with Crippen LogP contribution in [0, 0.1) is 0 Å². The molecule has 0 unspecified atom stereocenters. The normalized spacial score (nSPS) is 19.7. The van der Waals surface area contributed by atoms with Crippen molar-refractivity contribution in [2.24, 2.45) is 0 Å². The number of aliphatic hydroxyl groups excluding tert-OH is 4. The molecule has 0 rings (SSSR count). The van der Waals surface area contributed by atoms with Gasteiger partial charge in [-0.15, -0.1) is 0 Å². The average Bonchev–Trinajstić information content (AvgIpc) is 2.12. The Balaban J connectivity index is 4.32. The summed E-state index contributed by atoms with van der Waals surface area (Å²) in [5.74, 6) is -1.73. The van der Waals surface area contributed by atoms with E-state index in [2.05, 4.69) is 0 Å². The minimum atomic E-state index is -2.36. The SMILES string of the molecule is [O]=[Ga][C@H](O)[C@@H](O)[C@@H](O)[C@H](O)C(=O)O. The molecule has 0 aliphatic rings. The second-order valence-corrected chi connectivity index (χ2v) is 4.40. The molecule has 0 fully saturated rings. The van der Waals surface area contributed by atoms with Gasteiger partial charge in [0.15, 0.2) is 0 Å². The molecule has 0 amide bonds. The topological polar surface area (TPSA) is 135 Å². The molecule has 0 bridgehead atoms. The van der Waals surface area contributed by atoms with Gasteiger partial charge in [-0.05, 0) is 0 Å². The quantitative estimate of drug-likeness (QED) is 0.320. The predicted molar refractivity (Wildman–Crippen MR) is 38.1 cm³/mol. The van der Waals surface area contributed by atoms with Crippen molar-refractivity contribution in [3.63, 3.8) is 0 Å². The number of aliphatic hydroxyl groups is 4. The Labute approximate surface area is 80.7 Å². The van der Waals surface area contributed by atoms with Crippen LogP contribution in [0.5, 0.6) is 0 Å². The van der Waals surface area contributed by atoms with E-state index in [1.165, 1.54) is 0 Å². The van der Waals surface area contributed by atoms with Gasteiger partial charge < -0.3 is 0 Å². The fourth-order valence-electron chi connectivity index (χ4n) is 0.615. The molecule has 74 valence electrons. The Morgan fingerprint density at radius 1 is 1.08 bits per heavy atom. The summed E-state index contributed by atoms with van der Waals surface area (Å²) in [6.07, 6.45) is -6.14. The zero-order valence-corrected chi connectivity index (χ0v) is 8.86. The van der Waals surface area contributed by atoms with E-state index in [0.29, 0.717) is 0 Å². The van der Waals surface area contributed by atoms with Crippen LogP contribution in [0.3, 0.4) is 0 Å². The molecule has 7 nitrogen and oxygen atoms in total. The molecule has 8 heteroatoms. The Morgan fingerprint density at radius 3 is 1.85 bits per heavy atom. The van der Waals surface area contributed by atoms with Gasteiger partial charge in [-0.25, -0.2) is 0 Å². The maximum atomic E-state index is 10.2. The van der Waals surface area contributed by atoms with E-state index < -0.39 is 46.3 Å². The van der Waals surface area contributed by atoms with Crippen molar-refractivity contribution in [3.8, 4) is 0 Å². The first-order valence-electron chi connectivity index (χ1n) is 3.32. The number of hydrogen-bond donors (Lipinski definition) is 5. The van der Waals surface area contributed by atoms with Crippen molar-refractivity contribution in [2.75, 3.05) is 0 Å². The van der Waals surface area contributed by atoms with Crippen LogP contribution in [0.1, 0.15) is 0 Å². The summed E-state index contributed by atoms with van der Waals surface area (Å²) in [6.45, 7) is 0. The molecule has 0 aliphatic heterocycles. The molecule has 0 heterocycles. The predicted octanol–water partition coefficient (Wildman–Crippen LogP) is -3.48.